The molecule has 2 aliphatic heterocycles. The molecule has 3 fully saturated rings. The van der Waals surface area contributed by atoms with Crippen molar-refractivity contribution in [2.75, 3.05) is 32.8 Å². The van der Waals surface area contributed by atoms with Crippen molar-refractivity contribution in [3.63, 3.8) is 0 Å². The summed E-state index contributed by atoms with van der Waals surface area (Å²) in [5.74, 6) is 1.31. The maximum Gasteiger partial charge on any atom is 0.249 e. The lowest BCUT2D eigenvalue weighted by Crippen LogP contribution is -2.41. The van der Waals surface area contributed by atoms with Crippen LogP contribution in [-0.4, -0.2) is 54.6 Å². The van der Waals surface area contributed by atoms with Gasteiger partial charge in [-0.05, 0) is 43.7 Å². The molecule has 148 valence electrons. The van der Waals surface area contributed by atoms with Crippen LogP contribution >= 0.6 is 0 Å². The van der Waals surface area contributed by atoms with Crippen LogP contribution in [0.4, 0.5) is 0 Å². The second-order valence-corrected chi connectivity index (χ2v) is 8.65. The van der Waals surface area contributed by atoms with E-state index < -0.39 is 0 Å². The van der Waals surface area contributed by atoms with Crippen LogP contribution in [0.25, 0.3) is 0 Å². The topological polar surface area (TPSA) is 32.8 Å². The van der Waals surface area contributed by atoms with Crippen LogP contribution in [0.5, 0.6) is 0 Å². The van der Waals surface area contributed by atoms with E-state index in [4.69, 9.17) is 4.74 Å². The fourth-order valence-electron chi connectivity index (χ4n) is 5.67. The van der Waals surface area contributed by atoms with Gasteiger partial charge >= 0.3 is 0 Å². The molecule has 3 aliphatic rings. The molecule has 1 aromatic carbocycles. The number of amides is 1. The van der Waals surface area contributed by atoms with E-state index in [2.05, 4.69) is 41.0 Å². The second-order valence-electron chi connectivity index (χ2n) is 8.65. The molecular formula is C23H34N2O2. The molecule has 3 atom stereocenters. The Morgan fingerprint density at radius 1 is 1.11 bits per heavy atom. The standard InChI is InChI=1S/C23H34N2O2/c1-3-27-16-22(26)25-14-18-13-24(19-10-5-4-6-11-19)15-21(18)23(25)20-12-8-7-9-17(20)2/h7-9,12,18-19,21,23H,3-6,10-11,13-16H2,1-2H3/t18-,21-,23+/m0/s1. The number of carbonyl (C=O) groups excluding carboxylic acids is 1. The number of rotatable bonds is 5. The molecule has 1 saturated carbocycles. The Morgan fingerprint density at radius 3 is 2.63 bits per heavy atom. The highest BCUT2D eigenvalue weighted by Gasteiger charge is 2.50. The highest BCUT2D eigenvalue weighted by atomic mass is 16.5. The predicted molar refractivity (Wildman–Crippen MR) is 108 cm³/mol. The lowest BCUT2D eigenvalue weighted by molar-refractivity contribution is -0.137. The molecule has 0 N–H and O–H groups in total. The maximum atomic E-state index is 12.9. The van der Waals surface area contributed by atoms with Gasteiger partial charge < -0.3 is 9.64 Å². The van der Waals surface area contributed by atoms with Crippen molar-refractivity contribution in [2.24, 2.45) is 11.8 Å². The summed E-state index contributed by atoms with van der Waals surface area (Å²) >= 11 is 0. The molecule has 4 heteroatoms. The SMILES string of the molecule is CCOCC(=O)N1C[C@@H]2CN(C3CCCCC3)C[C@@H]2[C@H]1c1ccccc1C. The molecule has 2 heterocycles. The van der Waals surface area contributed by atoms with Gasteiger partial charge in [-0.25, -0.2) is 0 Å². The van der Waals surface area contributed by atoms with Gasteiger partial charge in [-0.15, -0.1) is 0 Å². The molecule has 1 amide bonds. The first kappa shape index (κ1) is 18.9. The number of hydrogen-bond acceptors (Lipinski definition) is 3. The molecule has 0 unspecified atom stereocenters. The van der Waals surface area contributed by atoms with Gasteiger partial charge in [0.05, 0.1) is 6.04 Å². The summed E-state index contributed by atoms with van der Waals surface area (Å²) in [5.41, 5.74) is 2.63. The summed E-state index contributed by atoms with van der Waals surface area (Å²) in [5, 5.41) is 0. The minimum absolute atomic E-state index is 0.156. The van der Waals surface area contributed by atoms with Gasteiger partial charge in [0.15, 0.2) is 0 Å². The highest BCUT2D eigenvalue weighted by molar-refractivity contribution is 5.78. The Balaban J connectivity index is 1.56. The summed E-state index contributed by atoms with van der Waals surface area (Å²) in [7, 11) is 0. The minimum Gasteiger partial charge on any atom is -0.372 e. The zero-order chi connectivity index (χ0) is 18.8. The normalized spacial score (nSPS) is 29.3. The van der Waals surface area contributed by atoms with Crippen molar-refractivity contribution in [1.82, 2.24) is 9.80 Å². The first-order valence-electron chi connectivity index (χ1n) is 10.9. The van der Waals surface area contributed by atoms with Gasteiger partial charge in [0.25, 0.3) is 0 Å². The van der Waals surface area contributed by atoms with Crippen molar-refractivity contribution in [3.05, 3.63) is 35.4 Å². The second kappa shape index (κ2) is 8.32. The van der Waals surface area contributed by atoms with E-state index in [-0.39, 0.29) is 18.6 Å². The molecule has 1 aliphatic carbocycles. The van der Waals surface area contributed by atoms with Crippen molar-refractivity contribution in [3.8, 4) is 0 Å². The van der Waals surface area contributed by atoms with E-state index in [1.807, 2.05) is 6.92 Å². The molecule has 4 rings (SSSR count). The van der Waals surface area contributed by atoms with E-state index in [0.717, 1.165) is 25.7 Å². The predicted octanol–water partition coefficient (Wildman–Crippen LogP) is 3.80. The maximum absolute atomic E-state index is 12.9. The Morgan fingerprint density at radius 2 is 1.89 bits per heavy atom. The molecule has 4 nitrogen and oxygen atoms in total. The number of fused-ring (bicyclic) bond motifs is 1. The van der Waals surface area contributed by atoms with Crippen LogP contribution in [0.1, 0.15) is 56.2 Å². The van der Waals surface area contributed by atoms with Crippen molar-refractivity contribution in [2.45, 2.75) is 58.0 Å². The lowest BCUT2D eigenvalue weighted by atomic mass is 9.87. The van der Waals surface area contributed by atoms with Gasteiger partial charge in [0.2, 0.25) is 5.91 Å². The number of aryl methyl sites for hydroxylation is 1. The Hall–Kier alpha value is -1.39. The van der Waals surface area contributed by atoms with Crippen LogP contribution in [0.2, 0.25) is 0 Å². The monoisotopic (exact) mass is 370 g/mol. The molecular weight excluding hydrogens is 336 g/mol. The van der Waals surface area contributed by atoms with Crippen LogP contribution in [0, 0.1) is 18.8 Å². The molecule has 0 aromatic heterocycles. The number of hydrogen-bond donors (Lipinski definition) is 0. The third kappa shape index (κ3) is 3.79. The molecule has 1 aromatic rings. The van der Waals surface area contributed by atoms with E-state index in [1.165, 1.54) is 43.2 Å². The quantitative estimate of drug-likeness (QED) is 0.790. The van der Waals surface area contributed by atoms with E-state index >= 15 is 0 Å². The molecule has 0 spiro atoms. The Labute approximate surface area is 163 Å². The van der Waals surface area contributed by atoms with Crippen LogP contribution in [0.3, 0.4) is 0 Å². The largest absolute Gasteiger partial charge is 0.372 e. The van der Waals surface area contributed by atoms with E-state index in [0.29, 0.717) is 18.4 Å². The van der Waals surface area contributed by atoms with Crippen molar-refractivity contribution < 1.29 is 9.53 Å². The third-order valence-corrected chi connectivity index (χ3v) is 7.04. The fraction of sp³-hybridized carbons (Fsp3) is 0.696. The Bertz CT molecular complexity index is 656. The van der Waals surface area contributed by atoms with Gasteiger partial charge in [0, 0.05) is 38.2 Å². The highest BCUT2D eigenvalue weighted by Crippen LogP contribution is 2.47. The van der Waals surface area contributed by atoms with Crippen molar-refractivity contribution in [1.29, 1.82) is 0 Å². The van der Waals surface area contributed by atoms with Crippen LogP contribution in [-0.2, 0) is 9.53 Å². The summed E-state index contributed by atoms with van der Waals surface area (Å²) < 4.78 is 5.46. The first-order chi connectivity index (χ1) is 13.2. The number of carbonyl (C=O) groups is 1. The van der Waals surface area contributed by atoms with Crippen LogP contribution < -0.4 is 0 Å². The zero-order valence-corrected chi connectivity index (χ0v) is 16.9. The van der Waals surface area contributed by atoms with E-state index in [1.54, 1.807) is 0 Å². The Kier molecular flexibility index (Phi) is 5.84. The van der Waals surface area contributed by atoms with Crippen molar-refractivity contribution >= 4 is 5.91 Å². The first-order valence-corrected chi connectivity index (χ1v) is 10.9. The average molecular weight is 371 g/mol. The minimum atomic E-state index is 0.156. The van der Waals surface area contributed by atoms with Gasteiger partial charge in [-0.2, -0.15) is 0 Å². The summed E-state index contributed by atoms with van der Waals surface area (Å²) in [4.78, 5) is 17.8. The number of nitrogens with zero attached hydrogens (tertiary/aromatic N) is 2. The molecule has 2 saturated heterocycles. The average Bonchev–Trinajstić information content (AvgIpc) is 3.25. The molecule has 27 heavy (non-hydrogen) atoms. The number of benzene rings is 1. The van der Waals surface area contributed by atoms with Crippen LogP contribution in [0.15, 0.2) is 24.3 Å². The smallest absolute Gasteiger partial charge is 0.249 e. The van der Waals surface area contributed by atoms with Gasteiger partial charge in [0.1, 0.15) is 6.61 Å². The fourth-order valence-corrected chi connectivity index (χ4v) is 5.67. The van der Waals surface area contributed by atoms with E-state index in [9.17, 15) is 4.79 Å². The molecule has 0 radical (unpaired) electrons. The molecule has 0 bridgehead atoms. The third-order valence-electron chi connectivity index (χ3n) is 7.04. The summed E-state index contributed by atoms with van der Waals surface area (Å²) in [6.07, 6.45) is 6.90. The lowest BCUT2D eigenvalue weighted by Gasteiger charge is -2.35. The van der Waals surface area contributed by atoms with Gasteiger partial charge in [-0.1, -0.05) is 43.5 Å². The summed E-state index contributed by atoms with van der Waals surface area (Å²) in [6.45, 7) is 8.14. The number of ether oxygens (including phenoxy) is 1. The summed E-state index contributed by atoms with van der Waals surface area (Å²) in [6, 6.07) is 9.61. The number of likely N-dealkylation sites (tertiary alicyclic amines) is 2. The van der Waals surface area contributed by atoms with Gasteiger partial charge in [-0.3, -0.25) is 9.69 Å². The zero-order valence-electron chi connectivity index (χ0n) is 16.9.